The Morgan fingerprint density at radius 1 is 1.33 bits per heavy atom. The SMILES string of the molecule is CC[C@@H](C)NC(=O)COC(=O)/C(C#N)=C/c1ccc(N(C)C)cc1. The normalized spacial score (nSPS) is 12.0. The summed E-state index contributed by atoms with van der Waals surface area (Å²) in [5.74, 6) is -1.20. The fourth-order valence-electron chi connectivity index (χ4n) is 1.80. The van der Waals surface area contributed by atoms with Crippen LogP contribution in [0.15, 0.2) is 29.8 Å². The molecule has 0 aliphatic rings. The maximum Gasteiger partial charge on any atom is 0.349 e. The zero-order chi connectivity index (χ0) is 18.1. The largest absolute Gasteiger partial charge is 0.451 e. The molecular formula is C18H23N3O3. The highest BCUT2D eigenvalue weighted by atomic mass is 16.5. The third kappa shape index (κ3) is 6.13. The number of carbonyl (C=O) groups is 2. The number of benzene rings is 1. The second-order valence-corrected chi connectivity index (χ2v) is 5.61. The van der Waals surface area contributed by atoms with Crippen LogP contribution in [0.25, 0.3) is 6.08 Å². The predicted octanol–water partition coefficient (Wildman–Crippen LogP) is 2.12. The van der Waals surface area contributed by atoms with Crippen molar-refractivity contribution in [2.45, 2.75) is 26.3 Å². The number of carbonyl (C=O) groups excluding carboxylic acids is 2. The van der Waals surface area contributed by atoms with Crippen molar-refractivity contribution < 1.29 is 14.3 Å². The van der Waals surface area contributed by atoms with E-state index in [-0.39, 0.29) is 17.5 Å². The van der Waals surface area contributed by atoms with Gasteiger partial charge in [0.2, 0.25) is 0 Å². The molecule has 1 rings (SSSR count). The summed E-state index contributed by atoms with van der Waals surface area (Å²) in [5.41, 5.74) is 1.57. The van der Waals surface area contributed by atoms with Crippen LogP contribution < -0.4 is 10.2 Å². The Labute approximate surface area is 142 Å². The highest BCUT2D eigenvalue weighted by molar-refractivity contribution is 5.98. The Morgan fingerprint density at radius 2 is 1.96 bits per heavy atom. The molecule has 0 aliphatic heterocycles. The van der Waals surface area contributed by atoms with E-state index in [1.54, 1.807) is 12.1 Å². The number of hydrogen-bond acceptors (Lipinski definition) is 5. The molecule has 1 aromatic carbocycles. The smallest absolute Gasteiger partial charge is 0.349 e. The first kappa shape index (κ1) is 19.2. The minimum Gasteiger partial charge on any atom is -0.451 e. The van der Waals surface area contributed by atoms with E-state index < -0.39 is 12.6 Å². The summed E-state index contributed by atoms with van der Waals surface area (Å²) in [5, 5.41) is 11.8. The van der Waals surface area contributed by atoms with Gasteiger partial charge in [0.05, 0.1) is 0 Å². The van der Waals surface area contributed by atoms with Gasteiger partial charge in [-0.2, -0.15) is 5.26 Å². The molecule has 0 saturated heterocycles. The van der Waals surface area contributed by atoms with Crippen LogP contribution in [0.4, 0.5) is 5.69 Å². The van der Waals surface area contributed by atoms with Crippen LogP contribution in [0.5, 0.6) is 0 Å². The minimum absolute atomic E-state index is 0.0115. The van der Waals surface area contributed by atoms with Crippen molar-refractivity contribution in [3.05, 3.63) is 35.4 Å². The van der Waals surface area contributed by atoms with E-state index in [4.69, 9.17) is 10.00 Å². The molecule has 0 unspecified atom stereocenters. The molecule has 1 aromatic rings. The van der Waals surface area contributed by atoms with Gasteiger partial charge < -0.3 is 15.0 Å². The number of ether oxygens (including phenoxy) is 1. The van der Waals surface area contributed by atoms with E-state index in [0.29, 0.717) is 5.56 Å². The summed E-state index contributed by atoms with van der Waals surface area (Å²) >= 11 is 0. The van der Waals surface area contributed by atoms with E-state index in [9.17, 15) is 9.59 Å². The molecule has 1 N–H and O–H groups in total. The summed E-state index contributed by atoms with van der Waals surface area (Å²) in [4.78, 5) is 25.5. The molecule has 1 atom stereocenters. The molecular weight excluding hydrogens is 306 g/mol. The Bertz CT molecular complexity index is 642. The average molecular weight is 329 g/mol. The zero-order valence-electron chi connectivity index (χ0n) is 14.5. The molecule has 1 amide bonds. The molecule has 6 nitrogen and oxygen atoms in total. The Hall–Kier alpha value is -2.81. The van der Waals surface area contributed by atoms with Crippen LogP contribution in [0.3, 0.4) is 0 Å². The molecule has 0 aliphatic carbocycles. The number of esters is 1. The van der Waals surface area contributed by atoms with Gasteiger partial charge in [0.15, 0.2) is 6.61 Å². The summed E-state index contributed by atoms with van der Waals surface area (Å²) in [7, 11) is 3.85. The molecule has 128 valence electrons. The van der Waals surface area contributed by atoms with E-state index in [1.807, 2.05) is 51.0 Å². The van der Waals surface area contributed by atoms with Gasteiger partial charge in [-0.3, -0.25) is 4.79 Å². The summed E-state index contributed by atoms with van der Waals surface area (Å²) < 4.78 is 4.89. The van der Waals surface area contributed by atoms with Crippen molar-refractivity contribution >= 4 is 23.6 Å². The van der Waals surface area contributed by atoms with Crippen molar-refractivity contribution in [3.8, 4) is 6.07 Å². The monoisotopic (exact) mass is 329 g/mol. The fourth-order valence-corrected chi connectivity index (χ4v) is 1.80. The topological polar surface area (TPSA) is 82.4 Å². The number of nitrogens with zero attached hydrogens (tertiary/aromatic N) is 2. The van der Waals surface area contributed by atoms with E-state index >= 15 is 0 Å². The lowest BCUT2D eigenvalue weighted by atomic mass is 10.1. The third-order valence-electron chi connectivity index (χ3n) is 3.41. The second-order valence-electron chi connectivity index (χ2n) is 5.61. The van der Waals surface area contributed by atoms with E-state index in [2.05, 4.69) is 5.32 Å². The lowest BCUT2D eigenvalue weighted by molar-refractivity contribution is -0.144. The van der Waals surface area contributed by atoms with Gasteiger partial charge in [-0.1, -0.05) is 19.1 Å². The van der Waals surface area contributed by atoms with Crippen LogP contribution in [-0.2, 0) is 14.3 Å². The Balaban J connectivity index is 2.69. The van der Waals surface area contributed by atoms with E-state index in [0.717, 1.165) is 12.1 Å². The van der Waals surface area contributed by atoms with Crippen molar-refractivity contribution in [2.24, 2.45) is 0 Å². The minimum atomic E-state index is -0.812. The highest BCUT2D eigenvalue weighted by Crippen LogP contribution is 2.15. The van der Waals surface area contributed by atoms with Crippen LogP contribution >= 0.6 is 0 Å². The number of rotatable bonds is 7. The first-order valence-electron chi connectivity index (χ1n) is 7.73. The number of anilines is 1. The third-order valence-corrected chi connectivity index (χ3v) is 3.41. The maximum atomic E-state index is 11.9. The molecule has 0 bridgehead atoms. The molecule has 24 heavy (non-hydrogen) atoms. The summed E-state index contributed by atoms with van der Waals surface area (Å²) in [6, 6.07) is 9.18. The summed E-state index contributed by atoms with van der Waals surface area (Å²) in [6.07, 6.45) is 2.22. The van der Waals surface area contributed by atoms with Gasteiger partial charge in [0.25, 0.3) is 5.91 Å². The number of nitriles is 1. The molecule has 0 fully saturated rings. The van der Waals surface area contributed by atoms with Crippen LogP contribution in [0.1, 0.15) is 25.8 Å². The van der Waals surface area contributed by atoms with Crippen molar-refractivity contribution in [3.63, 3.8) is 0 Å². The predicted molar refractivity (Wildman–Crippen MR) is 93.2 cm³/mol. The van der Waals surface area contributed by atoms with Crippen molar-refractivity contribution in [1.29, 1.82) is 5.26 Å². The van der Waals surface area contributed by atoms with Crippen LogP contribution in [0.2, 0.25) is 0 Å². The molecule has 0 aromatic heterocycles. The number of nitrogens with one attached hydrogen (secondary N) is 1. The lowest BCUT2D eigenvalue weighted by Gasteiger charge is -2.12. The summed E-state index contributed by atoms with van der Waals surface area (Å²) in [6.45, 7) is 3.40. The standard InChI is InChI=1S/C18H23N3O3/c1-5-13(2)20-17(22)12-24-18(23)15(11-19)10-14-6-8-16(9-7-14)21(3)4/h6-10,13H,5,12H2,1-4H3,(H,20,22)/b15-10+/t13-/m1/s1. The van der Waals surface area contributed by atoms with Gasteiger partial charge in [0.1, 0.15) is 11.6 Å². The molecule has 0 spiro atoms. The molecule has 0 radical (unpaired) electrons. The maximum absolute atomic E-state index is 11.9. The first-order valence-corrected chi connectivity index (χ1v) is 7.73. The van der Waals surface area contributed by atoms with Crippen molar-refractivity contribution in [1.82, 2.24) is 5.32 Å². The van der Waals surface area contributed by atoms with Crippen LogP contribution in [-0.4, -0.2) is 38.6 Å². The number of amides is 1. The Kier molecular flexibility index (Phi) is 7.50. The van der Waals surface area contributed by atoms with Gasteiger partial charge in [0, 0.05) is 25.8 Å². The Morgan fingerprint density at radius 3 is 2.46 bits per heavy atom. The molecule has 0 heterocycles. The van der Waals surface area contributed by atoms with E-state index in [1.165, 1.54) is 6.08 Å². The zero-order valence-corrected chi connectivity index (χ0v) is 14.5. The highest BCUT2D eigenvalue weighted by Gasteiger charge is 2.14. The quantitative estimate of drug-likeness (QED) is 0.471. The average Bonchev–Trinajstić information content (AvgIpc) is 2.57. The van der Waals surface area contributed by atoms with Gasteiger partial charge in [-0.05, 0) is 37.1 Å². The second kappa shape index (κ2) is 9.36. The molecule has 6 heteroatoms. The van der Waals surface area contributed by atoms with Crippen molar-refractivity contribution in [2.75, 3.05) is 25.6 Å². The number of hydrogen-bond donors (Lipinski definition) is 1. The van der Waals surface area contributed by atoms with Crippen LogP contribution in [0, 0.1) is 11.3 Å². The fraction of sp³-hybridized carbons (Fsp3) is 0.389. The van der Waals surface area contributed by atoms with Gasteiger partial charge in [-0.15, -0.1) is 0 Å². The lowest BCUT2D eigenvalue weighted by Crippen LogP contribution is -2.35. The molecule has 0 saturated carbocycles. The van der Waals surface area contributed by atoms with Gasteiger partial charge in [-0.25, -0.2) is 4.79 Å². The first-order chi connectivity index (χ1) is 11.4. The van der Waals surface area contributed by atoms with Gasteiger partial charge >= 0.3 is 5.97 Å².